The molecule has 2 rings (SSSR count). The molecular weight excluding hydrogens is 228 g/mol. The first-order chi connectivity index (χ1) is 8.40. The van der Waals surface area contributed by atoms with Crippen molar-refractivity contribution in [3.05, 3.63) is 35.4 Å². The normalized spacial score (nSPS) is 22.1. The number of esters is 1. The molecule has 0 bridgehead atoms. The van der Waals surface area contributed by atoms with Crippen molar-refractivity contribution in [3.63, 3.8) is 0 Å². The van der Waals surface area contributed by atoms with Crippen molar-refractivity contribution in [3.8, 4) is 6.07 Å². The minimum absolute atomic E-state index is 0.00703. The minimum atomic E-state index is -0.462. The van der Waals surface area contributed by atoms with Gasteiger partial charge in [-0.2, -0.15) is 5.26 Å². The lowest BCUT2D eigenvalue weighted by Crippen LogP contribution is -2.27. The first-order valence-electron chi connectivity index (χ1n) is 5.90. The molecule has 0 amide bonds. The molecule has 0 unspecified atom stereocenters. The highest BCUT2D eigenvalue weighted by molar-refractivity contribution is 5.81. The summed E-state index contributed by atoms with van der Waals surface area (Å²) < 4.78 is 5.30. The molecule has 2 atom stereocenters. The van der Waals surface area contributed by atoms with E-state index in [4.69, 9.17) is 10.00 Å². The lowest BCUT2D eigenvalue weighted by Gasteiger charge is -2.19. The van der Waals surface area contributed by atoms with Gasteiger partial charge in [0.15, 0.2) is 0 Å². The standard InChI is InChI=1S/C14H16N2O2/c1-14(2,3)18-13(17)12-11(16-12)10-6-4-9(8-15)5-7-10/h4-7,11-12,16H,1-3H3/t11-,12+/m1/s1. The summed E-state index contributed by atoms with van der Waals surface area (Å²) in [7, 11) is 0. The zero-order valence-electron chi connectivity index (χ0n) is 10.7. The molecule has 1 aromatic rings. The number of benzene rings is 1. The third-order valence-electron chi connectivity index (χ3n) is 2.64. The van der Waals surface area contributed by atoms with E-state index in [1.165, 1.54) is 0 Å². The zero-order chi connectivity index (χ0) is 13.3. The number of carbonyl (C=O) groups excluding carboxylic acids is 1. The molecule has 0 aliphatic carbocycles. The number of nitrogens with one attached hydrogen (secondary N) is 1. The molecule has 1 aliphatic heterocycles. The largest absolute Gasteiger partial charge is 0.459 e. The van der Waals surface area contributed by atoms with Crippen molar-refractivity contribution in [1.29, 1.82) is 5.26 Å². The van der Waals surface area contributed by atoms with E-state index in [2.05, 4.69) is 11.4 Å². The van der Waals surface area contributed by atoms with Gasteiger partial charge in [0.1, 0.15) is 11.6 Å². The Balaban J connectivity index is 1.98. The van der Waals surface area contributed by atoms with Crippen molar-refractivity contribution in [1.82, 2.24) is 5.32 Å². The van der Waals surface area contributed by atoms with E-state index in [-0.39, 0.29) is 18.1 Å². The molecule has 0 saturated carbocycles. The average molecular weight is 244 g/mol. The van der Waals surface area contributed by atoms with Crippen molar-refractivity contribution in [2.45, 2.75) is 38.5 Å². The fourth-order valence-corrected chi connectivity index (χ4v) is 1.76. The Hall–Kier alpha value is -1.86. The summed E-state index contributed by atoms with van der Waals surface area (Å²) in [5.41, 5.74) is 1.16. The van der Waals surface area contributed by atoms with Gasteiger partial charge in [-0.1, -0.05) is 12.1 Å². The average Bonchev–Trinajstić information content (AvgIpc) is 3.07. The summed E-state index contributed by atoms with van der Waals surface area (Å²) in [6, 6.07) is 9.03. The van der Waals surface area contributed by atoms with Crippen LogP contribution in [0.25, 0.3) is 0 Å². The van der Waals surface area contributed by atoms with Gasteiger partial charge in [0, 0.05) is 0 Å². The second-order valence-electron chi connectivity index (χ2n) is 5.39. The molecule has 0 aromatic heterocycles. The maximum absolute atomic E-state index is 11.8. The van der Waals surface area contributed by atoms with Crippen molar-refractivity contribution < 1.29 is 9.53 Å². The molecule has 4 heteroatoms. The van der Waals surface area contributed by atoms with E-state index in [0.29, 0.717) is 5.56 Å². The lowest BCUT2D eigenvalue weighted by atomic mass is 10.1. The molecule has 0 radical (unpaired) electrons. The topological polar surface area (TPSA) is 72.0 Å². The molecule has 1 aromatic carbocycles. The van der Waals surface area contributed by atoms with Gasteiger partial charge >= 0.3 is 5.97 Å². The Bertz CT molecular complexity index is 494. The summed E-state index contributed by atoms with van der Waals surface area (Å²) in [6.07, 6.45) is 0. The van der Waals surface area contributed by atoms with Gasteiger partial charge in [-0.05, 0) is 38.5 Å². The maximum atomic E-state index is 11.8. The quantitative estimate of drug-likeness (QED) is 0.637. The fourth-order valence-electron chi connectivity index (χ4n) is 1.76. The van der Waals surface area contributed by atoms with Gasteiger partial charge in [0.05, 0.1) is 17.7 Å². The maximum Gasteiger partial charge on any atom is 0.325 e. The Kier molecular flexibility index (Phi) is 3.10. The second kappa shape index (κ2) is 4.43. The number of hydrogen-bond acceptors (Lipinski definition) is 4. The van der Waals surface area contributed by atoms with Crippen LogP contribution in [0, 0.1) is 11.3 Å². The molecule has 1 heterocycles. The lowest BCUT2D eigenvalue weighted by molar-refractivity contribution is -0.154. The SMILES string of the molecule is CC(C)(C)OC(=O)[C@H]1N[C@@H]1c1ccc(C#N)cc1. The third-order valence-corrected chi connectivity index (χ3v) is 2.64. The van der Waals surface area contributed by atoms with E-state index in [1.807, 2.05) is 32.9 Å². The van der Waals surface area contributed by atoms with Crippen LogP contribution in [0.15, 0.2) is 24.3 Å². The Labute approximate surface area is 107 Å². The summed E-state index contributed by atoms with van der Waals surface area (Å²) in [5, 5.41) is 11.8. The van der Waals surface area contributed by atoms with Crippen LogP contribution < -0.4 is 5.32 Å². The predicted molar refractivity (Wildman–Crippen MR) is 66.7 cm³/mol. The van der Waals surface area contributed by atoms with E-state index in [1.54, 1.807) is 12.1 Å². The van der Waals surface area contributed by atoms with Gasteiger partial charge in [0.2, 0.25) is 0 Å². The number of hydrogen-bond donors (Lipinski definition) is 1. The minimum Gasteiger partial charge on any atom is -0.459 e. The number of rotatable bonds is 2. The molecule has 1 fully saturated rings. The summed E-state index contributed by atoms with van der Waals surface area (Å²) in [4.78, 5) is 11.8. The van der Waals surface area contributed by atoms with Crippen LogP contribution in [0.3, 0.4) is 0 Å². The molecule has 18 heavy (non-hydrogen) atoms. The number of ether oxygens (including phenoxy) is 1. The number of carbonyl (C=O) groups is 1. The summed E-state index contributed by atoms with van der Waals surface area (Å²) in [5.74, 6) is -0.225. The molecule has 94 valence electrons. The van der Waals surface area contributed by atoms with E-state index in [9.17, 15) is 4.79 Å². The van der Waals surface area contributed by atoms with Crippen LogP contribution >= 0.6 is 0 Å². The Morgan fingerprint density at radius 1 is 1.33 bits per heavy atom. The van der Waals surface area contributed by atoms with E-state index in [0.717, 1.165) is 5.56 Å². The van der Waals surface area contributed by atoms with Gasteiger partial charge in [0.25, 0.3) is 0 Å². The summed E-state index contributed by atoms with van der Waals surface area (Å²) in [6.45, 7) is 5.55. The number of nitriles is 1. The van der Waals surface area contributed by atoms with Crippen LogP contribution in [0.5, 0.6) is 0 Å². The van der Waals surface area contributed by atoms with Gasteiger partial charge in [-0.25, -0.2) is 0 Å². The highest BCUT2D eigenvalue weighted by Crippen LogP contribution is 2.31. The Morgan fingerprint density at radius 2 is 1.94 bits per heavy atom. The van der Waals surface area contributed by atoms with Crippen LogP contribution in [-0.4, -0.2) is 17.6 Å². The Morgan fingerprint density at radius 3 is 2.44 bits per heavy atom. The highest BCUT2D eigenvalue weighted by atomic mass is 16.6. The number of nitrogens with zero attached hydrogens (tertiary/aromatic N) is 1. The van der Waals surface area contributed by atoms with Crippen molar-refractivity contribution >= 4 is 5.97 Å². The molecule has 4 nitrogen and oxygen atoms in total. The zero-order valence-corrected chi connectivity index (χ0v) is 10.7. The van der Waals surface area contributed by atoms with E-state index < -0.39 is 5.60 Å². The van der Waals surface area contributed by atoms with Crippen LogP contribution in [0.1, 0.15) is 37.9 Å². The monoisotopic (exact) mass is 244 g/mol. The molecule has 1 N–H and O–H groups in total. The first-order valence-corrected chi connectivity index (χ1v) is 5.90. The summed E-state index contributed by atoms with van der Waals surface area (Å²) >= 11 is 0. The van der Waals surface area contributed by atoms with Crippen molar-refractivity contribution in [2.75, 3.05) is 0 Å². The molecule has 0 spiro atoms. The predicted octanol–water partition coefficient (Wildman–Crippen LogP) is 1.91. The van der Waals surface area contributed by atoms with Crippen molar-refractivity contribution in [2.24, 2.45) is 0 Å². The van der Waals surface area contributed by atoms with E-state index >= 15 is 0 Å². The molecule has 1 aliphatic rings. The van der Waals surface area contributed by atoms with Crippen LogP contribution in [0.2, 0.25) is 0 Å². The van der Waals surface area contributed by atoms with Gasteiger partial charge in [-0.3, -0.25) is 10.1 Å². The second-order valence-corrected chi connectivity index (χ2v) is 5.39. The fraction of sp³-hybridized carbons (Fsp3) is 0.429. The molecular formula is C14H16N2O2. The van der Waals surface area contributed by atoms with Crippen LogP contribution in [-0.2, 0) is 9.53 Å². The first kappa shape index (κ1) is 12.6. The third kappa shape index (κ3) is 2.88. The van der Waals surface area contributed by atoms with Crippen LogP contribution in [0.4, 0.5) is 0 Å². The molecule has 1 saturated heterocycles. The smallest absolute Gasteiger partial charge is 0.325 e. The van der Waals surface area contributed by atoms with Gasteiger partial charge in [-0.15, -0.1) is 0 Å². The van der Waals surface area contributed by atoms with Gasteiger partial charge < -0.3 is 4.74 Å². The highest BCUT2D eigenvalue weighted by Gasteiger charge is 2.45.